The molecule has 0 spiro atoms. The lowest BCUT2D eigenvalue weighted by Gasteiger charge is -2.21. The maximum Gasteiger partial charge on any atom is 0.260 e. The second-order valence-corrected chi connectivity index (χ2v) is 9.44. The maximum absolute atomic E-state index is 13.5. The molecule has 7 heteroatoms. The van der Waals surface area contributed by atoms with Gasteiger partial charge in [0, 0.05) is 28.3 Å². The summed E-state index contributed by atoms with van der Waals surface area (Å²) in [4.78, 5) is 34.7. The number of carbonyl (C=O) groups excluding carboxylic acids is 2. The Hall–Kier alpha value is -3.06. The Morgan fingerprint density at radius 2 is 1.55 bits per heavy atom. The molecule has 33 heavy (non-hydrogen) atoms. The van der Waals surface area contributed by atoms with Crippen molar-refractivity contribution in [1.82, 2.24) is 9.88 Å². The van der Waals surface area contributed by atoms with E-state index >= 15 is 0 Å². The van der Waals surface area contributed by atoms with Gasteiger partial charge < -0.3 is 4.90 Å². The Bertz CT molecular complexity index is 1270. The minimum Gasteiger partial charge on any atom is -0.309 e. The zero-order chi connectivity index (χ0) is 23.4. The van der Waals surface area contributed by atoms with E-state index in [2.05, 4.69) is 9.88 Å². The van der Waals surface area contributed by atoms with Crippen LogP contribution in [0, 0.1) is 0 Å². The van der Waals surface area contributed by atoms with Gasteiger partial charge in [0.15, 0.2) is 10.9 Å². The number of nitrogens with zero attached hydrogens (tertiary/aromatic N) is 3. The van der Waals surface area contributed by atoms with Crippen molar-refractivity contribution in [3.8, 4) is 0 Å². The van der Waals surface area contributed by atoms with E-state index < -0.39 is 0 Å². The van der Waals surface area contributed by atoms with E-state index in [1.54, 1.807) is 47.4 Å². The predicted octanol–water partition coefficient (Wildman–Crippen LogP) is 5.78. The quantitative estimate of drug-likeness (QED) is 0.302. The number of carbonyl (C=O) groups is 2. The summed E-state index contributed by atoms with van der Waals surface area (Å²) >= 11 is 7.58. The molecule has 0 saturated carbocycles. The Kier molecular flexibility index (Phi) is 7.18. The van der Waals surface area contributed by atoms with Crippen molar-refractivity contribution < 1.29 is 9.59 Å². The Morgan fingerprint density at radius 3 is 2.24 bits per heavy atom. The summed E-state index contributed by atoms with van der Waals surface area (Å²) in [6.07, 6.45) is 0.806. The molecule has 0 radical (unpaired) electrons. The van der Waals surface area contributed by atoms with Crippen LogP contribution in [0.5, 0.6) is 0 Å². The molecule has 0 fully saturated rings. The molecule has 0 aliphatic rings. The Balaban J connectivity index is 1.60. The third-order valence-corrected chi connectivity index (χ3v) is 6.51. The molecular formula is C26H24ClN3O2S. The number of aromatic nitrogens is 1. The molecule has 0 aliphatic heterocycles. The van der Waals surface area contributed by atoms with Crippen LogP contribution in [0.1, 0.15) is 32.7 Å². The monoisotopic (exact) mass is 477 g/mol. The van der Waals surface area contributed by atoms with Crippen LogP contribution in [0.2, 0.25) is 5.02 Å². The van der Waals surface area contributed by atoms with Gasteiger partial charge in [-0.05, 0) is 57.4 Å². The zero-order valence-electron chi connectivity index (χ0n) is 18.5. The van der Waals surface area contributed by atoms with Crippen LogP contribution in [-0.4, -0.2) is 48.8 Å². The highest BCUT2D eigenvalue weighted by Crippen LogP contribution is 2.31. The molecular weight excluding hydrogens is 454 g/mol. The summed E-state index contributed by atoms with van der Waals surface area (Å²) in [7, 11) is 4.02. The molecule has 0 N–H and O–H groups in total. The van der Waals surface area contributed by atoms with Crippen LogP contribution in [0.3, 0.4) is 0 Å². The van der Waals surface area contributed by atoms with Crippen LogP contribution in [0.15, 0.2) is 72.8 Å². The second-order valence-electron chi connectivity index (χ2n) is 7.99. The van der Waals surface area contributed by atoms with Gasteiger partial charge in [0.1, 0.15) is 0 Å². The van der Waals surface area contributed by atoms with Crippen molar-refractivity contribution in [3.05, 3.63) is 94.5 Å². The summed E-state index contributed by atoms with van der Waals surface area (Å²) in [5.41, 5.74) is 2.50. The summed E-state index contributed by atoms with van der Waals surface area (Å²) in [6, 6.07) is 21.5. The minimum atomic E-state index is -0.141. The molecule has 4 rings (SSSR count). The number of thiazole rings is 1. The van der Waals surface area contributed by atoms with Crippen LogP contribution in [0.4, 0.5) is 5.13 Å². The van der Waals surface area contributed by atoms with Crippen molar-refractivity contribution in [2.75, 3.05) is 32.1 Å². The first-order chi connectivity index (χ1) is 15.9. The minimum absolute atomic E-state index is 0.0690. The van der Waals surface area contributed by atoms with Crippen LogP contribution in [-0.2, 0) is 0 Å². The summed E-state index contributed by atoms with van der Waals surface area (Å²) in [5, 5.41) is 1.28. The van der Waals surface area contributed by atoms with Crippen LogP contribution >= 0.6 is 22.9 Å². The van der Waals surface area contributed by atoms with Gasteiger partial charge >= 0.3 is 0 Å². The van der Waals surface area contributed by atoms with E-state index in [4.69, 9.17) is 11.6 Å². The Labute approximate surface area is 202 Å². The normalized spacial score (nSPS) is 11.2. The molecule has 0 unspecified atom stereocenters. The maximum atomic E-state index is 13.5. The van der Waals surface area contributed by atoms with Gasteiger partial charge in [-0.25, -0.2) is 4.98 Å². The van der Waals surface area contributed by atoms with E-state index in [0.29, 0.717) is 33.4 Å². The van der Waals surface area contributed by atoms with Crippen molar-refractivity contribution in [1.29, 1.82) is 0 Å². The van der Waals surface area contributed by atoms with Crippen LogP contribution in [0.25, 0.3) is 10.2 Å². The molecule has 0 saturated heterocycles. The summed E-state index contributed by atoms with van der Waals surface area (Å²) < 4.78 is 0.937. The highest BCUT2D eigenvalue weighted by atomic mass is 35.5. The number of rotatable bonds is 8. The average Bonchev–Trinajstić information content (AvgIpc) is 3.24. The number of benzene rings is 3. The number of halogens is 1. The van der Waals surface area contributed by atoms with Crippen LogP contribution < -0.4 is 4.90 Å². The fourth-order valence-corrected chi connectivity index (χ4v) is 4.77. The SMILES string of the molecule is CN(C)CCCN(C(=O)c1ccc(C(=O)c2ccccc2)cc1)c1nc2ccc(Cl)cc2s1. The molecule has 1 heterocycles. The molecule has 0 aliphatic carbocycles. The number of fused-ring (bicyclic) bond motifs is 1. The summed E-state index contributed by atoms with van der Waals surface area (Å²) in [6.45, 7) is 1.39. The zero-order valence-corrected chi connectivity index (χ0v) is 20.1. The highest BCUT2D eigenvalue weighted by molar-refractivity contribution is 7.22. The molecule has 0 atom stereocenters. The lowest BCUT2D eigenvalue weighted by Crippen LogP contribution is -2.33. The molecule has 4 aromatic rings. The number of amides is 1. The fraction of sp³-hybridized carbons (Fsp3) is 0.192. The van der Waals surface area contributed by atoms with Gasteiger partial charge in [-0.3, -0.25) is 14.5 Å². The first-order valence-electron chi connectivity index (χ1n) is 10.6. The van der Waals surface area contributed by atoms with Crippen molar-refractivity contribution in [2.24, 2.45) is 0 Å². The molecule has 0 bridgehead atoms. The number of ketones is 1. The van der Waals surface area contributed by atoms with Gasteiger partial charge in [-0.1, -0.05) is 65.4 Å². The van der Waals surface area contributed by atoms with Crippen molar-refractivity contribution >= 4 is 50.0 Å². The highest BCUT2D eigenvalue weighted by Gasteiger charge is 2.22. The van der Waals surface area contributed by atoms with Gasteiger partial charge in [0.2, 0.25) is 0 Å². The average molecular weight is 478 g/mol. The molecule has 1 aromatic heterocycles. The third-order valence-electron chi connectivity index (χ3n) is 5.23. The van der Waals surface area contributed by atoms with Gasteiger partial charge in [0.25, 0.3) is 5.91 Å². The number of hydrogen-bond donors (Lipinski definition) is 0. The van der Waals surface area contributed by atoms with Gasteiger partial charge in [0.05, 0.1) is 10.2 Å². The standard InChI is InChI=1S/C26H24ClN3O2S/c1-29(2)15-6-16-30(26-28-22-14-13-21(27)17-23(22)33-26)25(32)20-11-9-19(10-12-20)24(31)18-7-4-3-5-8-18/h3-5,7-14,17H,6,15-16H2,1-2H3. The van der Waals surface area contributed by atoms with E-state index in [9.17, 15) is 9.59 Å². The van der Waals surface area contributed by atoms with E-state index in [1.807, 2.05) is 44.4 Å². The third kappa shape index (κ3) is 5.47. The fourth-order valence-electron chi connectivity index (χ4n) is 3.51. The van der Waals surface area contributed by atoms with E-state index in [1.165, 1.54) is 11.3 Å². The topological polar surface area (TPSA) is 53.5 Å². The smallest absolute Gasteiger partial charge is 0.260 e. The Morgan fingerprint density at radius 1 is 0.879 bits per heavy atom. The number of anilines is 1. The van der Waals surface area contributed by atoms with Gasteiger partial charge in [-0.15, -0.1) is 0 Å². The molecule has 3 aromatic carbocycles. The van der Waals surface area contributed by atoms with Crippen molar-refractivity contribution in [2.45, 2.75) is 6.42 Å². The molecule has 1 amide bonds. The number of hydrogen-bond acceptors (Lipinski definition) is 5. The molecule has 5 nitrogen and oxygen atoms in total. The lowest BCUT2D eigenvalue weighted by molar-refractivity contribution is 0.0983. The first-order valence-corrected chi connectivity index (χ1v) is 11.8. The van der Waals surface area contributed by atoms with Crippen molar-refractivity contribution in [3.63, 3.8) is 0 Å². The predicted molar refractivity (Wildman–Crippen MR) is 136 cm³/mol. The largest absolute Gasteiger partial charge is 0.309 e. The summed E-state index contributed by atoms with van der Waals surface area (Å²) in [5.74, 6) is -0.210. The van der Waals surface area contributed by atoms with Gasteiger partial charge in [-0.2, -0.15) is 0 Å². The van der Waals surface area contributed by atoms with E-state index in [0.717, 1.165) is 23.2 Å². The second kappa shape index (κ2) is 10.3. The van der Waals surface area contributed by atoms with E-state index in [-0.39, 0.29) is 11.7 Å². The molecule has 168 valence electrons. The first kappa shape index (κ1) is 23.1. The lowest BCUT2D eigenvalue weighted by atomic mass is 10.0.